The summed E-state index contributed by atoms with van der Waals surface area (Å²) in [4.78, 5) is 22.2. The van der Waals surface area contributed by atoms with E-state index < -0.39 is 0 Å². The molecule has 2 aromatic heterocycles. The van der Waals surface area contributed by atoms with Crippen molar-refractivity contribution in [3.05, 3.63) is 47.0 Å². The van der Waals surface area contributed by atoms with Crippen molar-refractivity contribution in [2.75, 3.05) is 20.2 Å². The maximum absolute atomic E-state index is 12.5. The molecule has 3 aromatic rings. The summed E-state index contributed by atoms with van der Waals surface area (Å²) in [5.41, 5.74) is 4.83. The van der Waals surface area contributed by atoms with Gasteiger partial charge in [-0.3, -0.25) is 5.10 Å². The lowest BCUT2D eigenvalue weighted by molar-refractivity contribution is 0.181. The fourth-order valence-corrected chi connectivity index (χ4v) is 2.99. The summed E-state index contributed by atoms with van der Waals surface area (Å²) < 4.78 is 5.04. The first-order valence-electron chi connectivity index (χ1n) is 9.09. The molecule has 2 heterocycles. The second-order valence-corrected chi connectivity index (χ2v) is 6.46. The van der Waals surface area contributed by atoms with Gasteiger partial charge in [0.15, 0.2) is 0 Å². The van der Waals surface area contributed by atoms with Crippen LogP contribution in [0.2, 0.25) is 0 Å². The first-order valence-corrected chi connectivity index (χ1v) is 9.09. The zero-order valence-corrected chi connectivity index (χ0v) is 16.0. The van der Waals surface area contributed by atoms with Crippen LogP contribution in [0.1, 0.15) is 29.7 Å². The first kappa shape index (κ1) is 18.9. The summed E-state index contributed by atoms with van der Waals surface area (Å²) in [5.74, 6) is 0.892. The molecular formula is C19H26N6O2. The molecule has 0 bridgehead atoms. The Hall–Kier alpha value is -2.87. The molecule has 8 heteroatoms. The number of hydrogen-bond donors (Lipinski definition) is 3. The molecular weight excluding hydrogens is 344 g/mol. The number of likely N-dealkylation sites (N-methyl/N-ethyl adjacent to an activating group) is 1. The molecule has 144 valence electrons. The van der Waals surface area contributed by atoms with Crippen LogP contribution < -0.4 is 5.32 Å². The van der Waals surface area contributed by atoms with Gasteiger partial charge in [-0.1, -0.05) is 12.1 Å². The molecule has 0 atom stereocenters. The molecule has 0 aliphatic carbocycles. The van der Waals surface area contributed by atoms with E-state index in [9.17, 15) is 4.79 Å². The maximum Gasteiger partial charge on any atom is 0.317 e. The third kappa shape index (κ3) is 4.65. The summed E-state index contributed by atoms with van der Waals surface area (Å²) in [7, 11) is 1.62. The van der Waals surface area contributed by atoms with E-state index in [1.807, 2.05) is 38.1 Å². The number of urea groups is 1. The topological polar surface area (TPSA) is 98.9 Å². The quantitative estimate of drug-likeness (QED) is 0.567. The summed E-state index contributed by atoms with van der Waals surface area (Å²) >= 11 is 0. The molecule has 27 heavy (non-hydrogen) atoms. The largest absolute Gasteiger partial charge is 0.378 e. The standard InChI is InChI=1S/C19H26N6O2/c1-4-25(19(26)20-11-14-10-15(12-27-3)24-23-14)9-8-17-21-16-7-5-6-13(2)18(16)22-17/h5-7,10H,4,8-9,11-12H2,1-3H3,(H,20,26)(H,21,22)(H,23,24). The Labute approximate surface area is 158 Å². The molecule has 2 amide bonds. The number of nitrogens with one attached hydrogen (secondary N) is 3. The Balaban J connectivity index is 1.53. The van der Waals surface area contributed by atoms with Gasteiger partial charge in [0.2, 0.25) is 0 Å². The van der Waals surface area contributed by atoms with Crippen LogP contribution in [0.4, 0.5) is 4.79 Å². The number of H-pyrrole nitrogens is 2. The highest BCUT2D eigenvalue weighted by molar-refractivity contribution is 5.78. The summed E-state index contributed by atoms with van der Waals surface area (Å²) in [6.45, 7) is 6.09. The predicted octanol–water partition coefficient (Wildman–Crippen LogP) is 2.52. The third-order valence-electron chi connectivity index (χ3n) is 4.46. The number of nitrogens with zero attached hydrogens (tertiary/aromatic N) is 3. The first-order chi connectivity index (χ1) is 13.1. The smallest absolute Gasteiger partial charge is 0.317 e. The lowest BCUT2D eigenvalue weighted by atomic mass is 10.2. The summed E-state index contributed by atoms with van der Waals surface area (Å²) in [6, 6.07) is 7.86. The molecule has 8 nitrogen and oxygen atoms in total. The van der Waals surface area contributed by atoms with Crippen LogP contribution in [0.5, 0.6) is 0 Å². The molecule has 0 aliphatic heterocycles. The van der Waals surface area contributed by atoms with Crippen molar-refractivity contribution in [3.63, 3.8) is 0 Å². The number of rotatable bonds is 8. The van der Waals surface area contributed by atoms with Crippen LogP contribution in [-0.4, -0.2) is 51.3 Å². The van der Waals surface area contributed by atoms with Crippen LogP contribution in [0.15, 0.2) is 24.3 Å². The number of benzene rings is 1. The maximum atomic E-state index is 12.5. The highest BCUT2D eigenvalue weighted by atomic mass is 16.5. The predicted molar refractivity (Wildman–Crippen MR) is 103 cm³/mol. The number of hydrogen-bond acceptors (Lipinski definition) is 4. The minimum absolute atomic E-state index is 0.104. The van der Waals surface area contributed by atoms with Crippen LogP contribution in [0.25, 0.3) is 11.0 Å². The number of aromatic amines is 2. The number of carbonyl (C=O) groups excluding carboxylic acids is 1. The zero-order chi connectivity index (χ0) is 19.2. The molecule has 3 N–H and O–H groups in total. The van der Waals surface area contributed by atoms with Crippen molar-refractivity contribution in [2.45, 2.75) is 33.4 Å². The van der Waals surface area contributed by atoms with E-state index in [0.29, 0.717) is 32.7 Å². The Morgan fingerprint density at radius 2 is 2.22 bits per heavy atom. The van der Waals surface area contributed by atoms with Gasteiger partial charge in [-0.05, 0) is 31.5 Å². The van der Waals surface area contributed by atoms with Crippen molar-refractivity contribution < 1.29 is 9.53 Å². The Morgan fingerprint density at radius 3 is 2.96 bits per heavy atom. The number of aryl methyl sites for hydroxylation is 1. The third-order valence-corrected chi connectivity index (χ3v) is 4.46. The number of amides is 2. The average Bonchev–Trinajstić information content (AvgIpc) is 3.28. The lowest BCUT2D eigenvalue weighted by Gasteiger charge is -2.20. The fraction of sp³-hybridized carbons (Fsp3) is 0.421. The van der Waals surface area contributed by atoms with E-state index in [2.05, 4.69) is 25.5 Å². The van der Waals surface area contributed by atoms with Gasteiger partial charge in [-0.25, -0.2) is 9.78 Å². The van der Waals surface area contributed by atoms with Gasteiger partial charge in [-0.2, -0.15) is 5.10 Å². The number of methoxy groups -OCH3 is 1. The van der Waals surface area contributed by atoms with Gasteiger partial charge >= 0.3 is 6.03 Å². The number of imidazole rings is 1. The number of aromatic nitrogens is 4. The van der Waals surface area contributed by atoms with Crippen molar-refractivity contribution in [3.8, 4) is 0 Å². The summed E-state index contributed by atoms with van der Waals surface area (Å²) in [5, 5.41) is 9.95. The molecule has 0 unspecified atom stereocenters. The number of fused-ring (bicyclic) bond motifs is 1. The van der Waals surface area contributed by atoms with Crippen molar-refractivity contribution in [2.24, 2.45) is 0 Å². The zero-order valence-electron chi connectivity index (χ0n) is 16.0. The van der Waals surface area contributed by atoms with E-state index >= 15 is 0 Å². The van der Waals surface area contributed by atoms with Gasteiger partial charge in [0.05, 0.1) is 35.6 Å². The van der Waals surface area contributed by atoms with Gasteiger partial charge < -0.3 is 19.9 Å². The Kier molecular flexibility index (Phi) is 6.08. The van der Waals surface area contributed by atoms with Crippen LogP contribution in [0.3, 0.4) is 0 Å². The van der Waals surface area contributed by atoms with E-state index in [1.165, 1.54) is 0 Å². The van der Waals surface area contributed by atoms with Crippen molar-refractivity contribution in [1.29, 1.82) is 0 Å². The molecule has 0 aliphatic rings. The molecule has 0 radical (unpaired) electrons. The molecule has 0 fully saturated rings. The highest BCUT2D eigenvalue weighted by Gasteiger charge is 2.13. The molecule has 0 saturated heterocycles. The van der Waals surface area contributed by atoms with Crippen LogP contribution >= 0.6 is 0 Å². The minimum Gasteiger partial charge on any atom is -0.378 e. The van der Waals surface area contributed by atoms with Gasteiger partial charge in [0.25, 0.3) is 0 Å². The molecule has 1 aromatic carbocycles. The van der Waals surface area contributed by atoms with Gasteiger partial charge in [0, 0.05) is 26.6 Å². The van der Waals surface area contributed by atoms with Crippen molar-refractivity contribution >= 4 is 17.1 Å². The van der Waals surface area contributed by atoms with Crippen LogP contribution in [0, 0.1) is 6.92 Å². The van der Waals surface area contributed by atoms with E-state index in [0.717, 1.165) is 33.8 Å². The SMILES string of the molecule is CCN(CCc1nc2c(C)cccc2[nH]1)C(=O)NCc1cc(COC)n[nH]1. The normalized spacial score (nSPS) is 11.1. The van der Waals surface area contributed by atoms with E-state index in [4.69, 9.17) is 4.74 Å². The van der Waals surface area contributed by atoms with Gasteiger partial charge in [-0.15, -0.1) is 0 Å². The fourth-order valence-electron chi connectivity index (χ4n) is 2.99. The van der Waals surface area contributed by atoms with Crippen molar-refractivity contribution in [1.82, 2.24) is 30.4 Å². The number of carbonyl (C=O) groups is 1. The highest BCUT2D eigenvalue weighted by Crippen LogP contribution is 2.15. The monoisotopic (exact) mass is 370 g/mol. The Morgan fingerprint density at radius 1 is 1.37 bits per heavy atom. The van der Waals surface area contributed by atoms with E-state index in [1.54, 1.807) is 12.0 Å². The summed E-state index contributed by atoms with van der Waals surface area (Å²) in [6.07, 6.45) is 0.678. The second-order valence-electron chi connectivity index (χ2n) is 6.46. The average molecular weight is 370 g/mol. The molecule has 0 saturated carbocycles. The second kappa shape index (κ2) is 8.68. The van der Waals surface area contributed by atoms with Gasteiger partial charge in [0.1, 0.15) is 5.82 Å². The molecule has 0 spiro atoms. The van der Waals surface area contributed by atoms with E-state index in [-0.39, 0.29) is 6.03 Å². The number of para-hydroxylation sites is 1. The Bertz CT molecular complexity index is 901. The number of ether oxygens (including phenoxy) is 1. The molecule has 3 rings (SSSR count). The van der Waals surface area contributed by atoms with Crippen LogP contribution in [-0.2, 0) is 24.3 Å². The minimum atomic E-state index is -0.104. The lowest BCUT2D eigenvalue weighted by Crippen LogP contribution is -2.40.